The Bertz CT molecular complexity index is 852. The van der Waals surface area contributed by atoms with Gasteiger partial charge in [0.15, 0.2) is 5.69 Å². The van der Waals surface area contributed by atoms with Gasteiger partial charge in [0, 0.05) is 43.8 Å². The average Bonchev–Trinajstić information content (AvgIpc) is 3.40. The zero-order valence-corrected chi connectivity index (χ0v) is 16.6. The minimum atomic E-state index is -0.0938. The van der Waals surface area contributed by atoms with Gasteiger partial charge in [0.2, 0.25) is 5.91 Å². The summed E-state index contributed by atoms with van der Waals surface area (Å²) in [6.07, 6.45) is 7.29. The van der Waals surface area contributed by atoms with Gasteiger partial charge in [-0.2, -0.15) is 5.10 Å². The van der Waals surface area contributed by atoms with Crippen molar-refractivity contribution < 1.29 is 9.59 Å². The van der Waals surface area contributed by atoms with Crippen LogP contribution in [0, 0.1) is 5.92 Å². The van der Waals surface area contributed by atoms with Crippen molar-refractivity contribution in [1.29, 1.82) is 0 Å². The summed E-state index contributed by atoms with van der Waals surface area (Å²) in [4.78, 5) is 29.0. The summed E-state index contributed by atoms with van der Waals surface area (Å²) < 4.78 is 1.65. The Balaban J connectivity index is 1.33. The van der Waals surface area contributed by atoms with Crippen LogP contribution in [0.3, 0.4) is 0 Å². The number of halogens is 1. The molecule has 1 aliphatic carbocycles. The fraction of sp³-hybridized carbons (Fsp3) is 0.476. The number of rotatable bonds is 4. The summed E-state index contributed by atoms with van der Waals surface area (Å²) >= 11 is 6.03. The number of benzene rings is 1. The van der Waals surface area contributed by atoms with Crippen molar-refractivity contribution >= 4 is 23.4 Å². The molecule has 1 saturated heterocycles. The molecule has 2 aliphatic rings. The molecule has 28 heavy (non-hydrogen) atoms. The highest BCUT2D eigenvalue weighted by Gasteiger charge is 2.28. The Morgan fingerprint density at radius 1 is 1.04 bits per heavy atom. The molecule has 1 aromatic carbocycles. The van der Waals surface area contributed by atoms with Crippen molar-refractivity contribution in [1.82, 2.24) is 19.6 Å². The summed E-state index contributed by atoms with van der Waals surface area (Å²) in [6.45, 7) is 2.32. The van der Waals surface area contributed by atoms with Crippen molar-refractivity contribution in [2.75, 3.05) is 26.2 Å². The Labute approximate surface area is 170 Å². The van der Waals surface area contributed by atoms with E-state index >= 15 is 0 Å². The molecular weight excluding hydrogens is 376 g/mol. The Morgan fingerprint density at radius 2 is 1.75 bits per heavy atom. The highest BCUT2D eigenvalue weighted by atomic mass is 35.5. The van der Waals surface area contributed by atoms with Crippen molar-refractivity contribution in [3.8, 4) is 5.69 Å². The molecule has 0 spiro atoms. The van der Waals surface area contributed by atoms with Gasteiger partial charge in [-0.05, 0) is 43.0 Å². The van der Waals surface area contributed by atoms with Gasteiger partial charge in [-0.15, -0.1) is 0 Å². The normalized spacial score (nSPS) is 17.9. The van der Waals surface area contributed by atoms with E-state index in [9.17, 15) is 9.59 Å². The van der Waals surface area contributed by atoms with Gasteiger partial charge in [-0.3, -0.25) is 9.59 Å². The molecule has 148 valence electrons. The lowest BCUT2D eigenvalue weighted by Crippen LogP contribution is -2.50. The van der Waals surface area contributed by atoms with Crippen molar-refractivity contribution in [3.63, 3.8) is 0 Å². The third kappa shape index (κ3) is 4.22. The maximum atomic E-state index is 12.8. The van der Waals surface area contributed by atoms with Crippen molar-refractivity contribution in [3.05, 3.63) is 47.2 Å². The lowest BCUT2D eigenvalue weighted by atomic mass is 10.0. The molecular formula is C21H25ClN4O2. The van der Waals surface area contributed by atoms with Crippen LogP contribution in [0.1, 0.15) is 42.6 Å². The van der Waals surface area contributed by atoms with E-state index in [1.54, 1.807) is 34.0 Å². The molecule has 0 bridgehead atoms. The van der Waals surface area contributed by atoms with Crippen LogP contribution in [0.5, 0.6) is 0 Å². The van der Waals surface area contributed by atoms with Gasteiger partial charge in [0.05, 0.1) is 5.69 Å². The number of hydrogen-bond acceptors (Lipinski definition) is 3. The maximum Gasteiger partial charge on any atom is 0.274 e. The second kappa shape index (κ2) is 8.35. The molecule has 1 saturated carbocycles. The molecule has 1 aromatic heterocycles. The lowest BCUT2D eigenvalue weighted by molar-refractivity contribution is -0.133. The van der Waals surface area contributed by atoms with Gasteiger partial charge < -0.3 is 9.80 Å². The Morgan fingerprint density at radius 3 is 2.46 bits per heavy atom. The zero-order valence-electron chi connectivity index (χ0n) is 15.9. The van der Waals surface area contributed by atoms with Crippen LogP contribution in [-0.2, 0) is 4.79 Å². The molecule has 4 rings (SSSR count). The quantitative estimate of drug-likeness (QED) is 0.790. The van der Waals surface area contributed by atoms with E-state index in [2.05, 4.69) is 5.10 Å². The van der Waals surface area contributed by atoms with Gasteiger partial charge in [0.25, 0.3) is 5.91 Å². The Kier molecular flexibility index (Phi) is 5.67. The average molecular weight is 401 g/mol. The van der Waals surface area contributed by atoms with Crippen LogP contribution >= 0.6 is 11.6 Å². The zero-order chi connectivity index (χ0) is 19.5. The monoisotopic (exact) mass is 400 g/mol. The molecule has 7 heteroatoms. The lowest BCUT2D eigenvalue weighted by Gasteiger charge is -2.35. The first-order valence-corrected chi connectivity index (χ1v) is 10.4. The van der Waals surface area contributed by atoms with Crippen LogP contribution in [-0.4, -0.2) is 57.6 Å². The third-order valence-corrected chi connectivity index (χ3v) is 5.97. The standard InChI is InChI=1S/C21H25ClN4O2/c22-17-6-3-7-18(15-17)26-9-8-19(23-26)21(28)25-12-10-24(11-13-25)20(27)14-16-4-1-2-5-16/h3,6-9,15-16H,1-2,4-5,10-14H2. The van der Waals surface area contributed by atoms with E-state index in [1.807, 2.05) is 17.0 Å². The SMILES string of the molecule is O=C(CC1CCCC1)N1CCN(C(=O)c2ccn(-c3cccc(Cl)c3)n2)CC1. The molecule has 2 heterocycles. The number of amides is 2. The minimum Gasteiger partial charge on any atom is -0.339 e. The van der Waals surface area contributed by atoms with Crippen molar-refractivity contribution in [2.24, 2.45) is 5.92 Å². The molecule has 6 nitrogen and oxygen atoms in total. The molecule has 0 radical (unpaired) electrons. The Hall–Kier alpha value is -2.34. The third-order valence-electron chi connectivity index (χ3n) is 5.74. The van der Waals surface area contributed by atoms with E-state index in [0.717, 1.165) is 5.69 Å². The van der Waals surface area contributed by atoms with E-state index < -0.39 is 0 Å². The smallest absolute Gasteiger partial charge is 0.274 e. The van der Waals surface area contributed by atoms with Crippen LogP contribution in [0.25, 0.3) is 5.69 Å². The first-order chi connectivity index (χ1) is 13.6. The number of aromatic nitrogens is 2. The first-order valence-electron chi connectivity index (χ1n) is 9.99. The highest BCUT2D eigenvalue weighted by Crippen LogP contribution is 2.28. The fourth-order valence-electron chi connectivity index (χ4n) is 4.11. The molecule has 0 N–H and O–H groups in total. The minimum absolute atomic E-state index is 0.0938. The number of carbonyl (C=O) groups excluding carboxylic acids is 2. The van der Waals surface area contributed by atoms with Crippen molar-refractivity contribution in [2.45, 2.75) is 32.1 Å². The van der Waals surface area contributed by atoms with Crippen LogP contribution in [0.4, 0.5) is 0 Å². The van der Waals surface area contributed by atoms with Crippen LogP contribution in [0.2, 0.25) is 5.02 Å². The van der Waals surface area contributed by atoms with E-state index in [0.29, 0.717) is 49.2 Å². The van der Waals surface area contributed by atoms with Gasteiger partial charge in [0.1, 0.15) is 0 Å². The van der Waals surface area contributed by atoms with Gasteiger partial charge in [-0.1, -0.05) is 30.5 Å². The largest absolute Gasteiger partial charge is 0.339 e. The summed E-state index contributed by atoms with van der Waals surface area (Å²) in [5.41, 5.74) is 1.22. The molecule has 0 atom stereocenters. The summed E-state index contributed by atoms with van der Waals surface area (Å²) in [5, 5.41) is 5.03. The number of piperazine rings is 1. The number of hydrogen-bond donors (Lipinski definition) is 0. The summed E-state index contributed by atoms with van der Waals surface area (Å²) in [7, 11) is 0. The molecule has 1 aliphatic heterocycles. The van der Waals surface area contributed by atoms with Crippen LogP contribution < -0.4 is 0 Å². The number of carbonyl (C=O) groups is 2. The van der Waals surface area contributed by atoms with Crippen LogP contribution in [0.15, 0.2) is 36.5 Å². The van der Waals surface area contributed by atoms with E-state index in [4.69, 9.17) is 11.6 Å². The predicted molar refractivity (Wildman–Crippen MR) is 108 cm³/mol. The number of nitrogens with zero attached hydrogens (tertiary/aromatic N) is 4. The predicted octanol–water partition coefficient (Wildman–Crippen LogP) is 3.39. The molecule has 0 unspecified atom stereocenters. The molecule has 2 aromatic rings. The van der Waals surface area contributed by atoms with E-state index in [-0.39, 0.29) is 11.8 Å². The van der Waals surface area contributed by atoms with E-state index in [1.165, 1.54) is 25.7 Å². The van der Waals surface area contributed by atoms with Gasteiger partial charge in [-0.25, -0.2) is 4.68 Å². The molecule has 2 fully saturated rings. The fourth-order valence-corrected chi connectivity index (χ4v) is 4.30. The second-order valence-corrected chi connectivity index (χ2v) is 8.09. The first kappa shape index (κ1) is 19.0. The topological polar surface area (TPSA) is 58.4 Å². The summed E-state index contributed by atoms with van der Waals surface area (Å²) in [6, 6.07) is 9.07. The maximum absolute atomic E-state index is 12.8. The highest BCUT2D eigenvalue weighted by molar-refractivity contribution is 6.30. The second-order valence-electron chi connectivity index (χ2n) is 7.65. The summed E-state index contributed by atoms with van der Waals surface area (Å²) in [5.74, 6) is 0.704. The van der Waals surface area contributed by atoms with Gasteiger partial charge >= 0.3 is 0 Å². The molecule has 2 amide bonds.